The number of nitriles is 1. The van der Waals surface area contributed by atoms with Gasteiger partial charge in [0.15, 0.2) is 5.65 Å². The third kappa shape index (κ3) is 5.37. The fourth-order valence-electron chi connectivity index (χ4n) is 4.55. The smallest absolute Gasteiger partial charge is 0.168 e. The van der Waals surface area contributed by atoms with E-state index in [1.54, 1.807) is 55.9 Å². The summed E-state index contributed by atoms with van der Waals surface area (Å²) in [6.07, 6.45) is 1.58. The number of aliphatic hydroxyl groups is 1. The minimum Gasteiger partial charge on any atom is -0.496 e. The van der Waals surface area contributed by atoms with E-state index in [4.69, 9.17) is 10.00 Å². The van der Waals surface area contributed by atoms with Crippen molar-refractivity contribution in [3.63, 3.8) is 0 Å². The lowest BCUT2D eigenvalue weighted by atomic mass is 9.75. The zero-order valence-corrected chi connectivity index (χ0v) is 21.1. The monoisotopic (exact) mass is 506 g/mol. The van der Waals surface area contributed by atoms with Crippen LogP contribution in [-0.2, 0) is 5.41 Å². The molecule has 8 nitrogen and oxygen atoms in total. The fourth-order valence-corrected chi connectivity index (χ4v) is 4.55. The molecule has 1 atom stereocenters. The van der Waals surface area contributed by atoms with E-state index in [1.165, 1.54) is 25.3 Å². The highest BCUT2D eigenvalue weighted by atomic mass is 19.1. The minimum absolute atomic E-state index is 0.0129. The van der Waals surface area contributed by atoms with Crippen LogP contribution in [0.1, 0.15) is 37.2 Å². The molecule has 0 aliphatic rings. The maximum atomic E-state index is 14.3. The summed E-state index contributed by atoms with van der Waals surface area (Å²) in [5.74, 6) is 0.877. The summed E-state index contributed by atoms with van der Waals surface area (Å²) in [5, 5.41) is 28.4. The summed E-state index contributed by atoms with van der Waals surface area (Å²) < 4.78 is 35.3. The number of aryl methyl sites for hydroxylation is 1. The molecule has 0 radical (unpaired) electrons. The van der Waals surface area contributed by atoms with E-state index in [0.29, 0.717) is 45.2 Å². The van der Waals surface area contributed by atoms with E-state index in [9.17, 15) is 13.9 Å². The number of nitrogens with zero attached hydrogens (tertiary/aromatic N) is 5. The highest BCUT2D eigenvalue weighted by molar-refractivity contribution is 5.87. The zero-order valence-electron chi connectivity index (χ0n) is 21.1. The summed E-state index contributed by atoms with van der Waals surface area (Å²) in [7, 11) is 1.48. The molecule has 4 rings (SSSR count). The zero-order chi connectivity index (χ0) is 26.8. The predicted molar refractivity (Wildman–Crippen MR) is 136 cm³/mol. The molecule has 192 valence electrons. The van der Waals surface area contributed by atoms with Crippen molar-refractivity contribution in [1.82, 2.24) is 19.7 Å². The van der Waals surface area contributed by atoms with Crippen LogP contribution in [0.2, 0.25) is 0 Å². The lowest BCUT2D eigenvalue weighted by molar-refractivity contribution is 0.00259. The van der Waals surface area contributed by atoms with Gasteiger partial charge in [-0.25, -0.2) is 23.4 Å². The quantitative estimate of drug-likeness (QED) is 0.341. The van der Waals surface area contributed by atoms with Gasteiger partial charge in [0.2, 0.25) is 0 Å². The summed E-state index contributed by atoms with van der Waals surface area (Å²) in [6, 6.07) is 13.1. The molecule has 37 heavy (non-hydrogen) atoms. The molecule has 0 bridgehead atoms. The molecular formula is C27H28F2N6O2. The van der Waals surface area contributed by atoms with Crippen molar-refractivity contribution in [3.8, 4) is 17.5 Å². The summed E-state index contributed by atoms with van der Waals surface area (Å²) >= 11 is 0. The van der Waals surface area contributed by atoms with Gasteiger partial charge in [-0.05, 0) is 61.2 Å². The Morgan fingerprint density at radius 3 is 2.54 bits per heavy atom. The van der Waals surface area contributed by atoms with Crippen molar-refractivity contribution in [2.45, 2.75) is 38.2 Å². The van der Waals surface area contributed by atoms with Crippen molar-refractivity contribution in [2.24, 2.45) is 0 Å². The van der Waals surface area contributed by atoms with E-state index in [1.807, 2.05) is 0 Å². The van der Waals surface area contributed by atoms with Gasteiger partial charge in [-0.2, -0.15) is 10.4 Å². The first-order chi connectivity index (χ1) is 17.6. The predicted octanol–water partition coefficient (Wildman–Crippen LogP) is 4.62. The number of methoxy groups -OCH3 is 1. The van der Waals surface area contributed by atoms with E-state index >= 15 is 0 Å². The first kappa shape index (κ1) is 26.0. The molecule has 10 heteroatoms. The molecule has 2 heterocycles. The van der Waals surface area contributed by atoms with Crippen LogP contribution < -0.4 is 10.1 Å². The molecule has 2 aromatic carbocycles. The first-order valence-electron chi connectivity index (χ1n) is 11.7. The second kappa shape index (κ2) is 10.1. The second-order valence-corrected chi connectivity index (χ2v) is 9.69. The highest BCUT2D eigenvalue weighted by Gasteiger charge is 2.37. The molecular weight excluding hydrogens is 478 g/mol. The molecule has 0 saturated carbocycles. The lowest BCUT2D eigenvalue weighted by Crippen LogP contribution is -2.44. The molecule has 0 spiro atoms. The van der Waals surface area contributed by atoms with Gasteiger partial charge in [-0.15, -0.1) is 0 Å². The molecule has 1 unspecified atom stereocenters. The van der Waals surface area contributed by atoms with Crippen molar-refractivity contribution < 1.29 is 18.6 Å². The maximum Gasteiger partial charge on any atom is 0.168 e. The van der Waals surface area contributed by atoms with Gasteiger partial charge < -0.3 is 15.2 Å². The summed E-state index contributed by atoms with van der Waals surface area (Å²) in [4.78, 5) is 8.95. The molecule has 0 fully saturated rings. The van der Waals surface area contributed by atoms with Gasteiger partial charge in [-0.1, -0.05) is 13.8 Å². The van der Waals surface area contributed by atoms with Gasteiger partial charge in [0.05, 0.1) is 36.0 Å². The van der Waals surface area contributed by atoms with Crippen LogP contribution in [-0.4, -0.2) is 50.8 Å². The topological polar surface area (TPSA) is 109 Å². The average Bonchev–Trinajstić information content (AvgIpc) is 3.31. The third-order valence-corrected chi connectivity index (χ3v) is 6.28. The molecule has 2 N–H and O–H groups in total. The first-order valence-corrected chi connectivity index (χ1v) is 11.7. The summed E-state index contributed by atoms with van der Waals surface area (Å²) in [5.41, 5.74) is -0.302. The Morgan fingerprint density at radius 1 is 1.16 bits per heavy atom. The number of anilines is 1. The van der Waals surface area contributed by atoms with Crippen molar-refractivity contribution in [1.29, 1.82) is 5.26 Å². The largest absolute Gasteiger partial charge is 0.496 e. The van der Waals surface area contributed by atoms with E-state index < -0.39 is 23.5 Å². The highest BCUT2D eigenvalue weighted by Crippen LogP contribution is 2.38. The molecule has 4 aromatic rings. The van der Waals surface area contributed by atoms with Gasteiger partial charge in [-0.3, -0.25) is 0 Å². The van der Waals surface area contributed by atoms with Crippen LogP contribution in [0.25, 0.3) is 16.7 Å². The van der Waals surface area contributed by atoms with Gasteiger partial charge in [0, 0.05) is 12.1 Å². The fraction of sp³-hybridized carbons (Fsp3) is 0.333. The number of hydrogen-bond acceptors (Lipinski definition) is 7. The standard InChI is InChI=1S/C27H28F2N6O2/c1-17-33-24(21-13-32-35(25(21)34-17)20-8-5-18(12-30)6-9-20)31-16-27(36,15-28)14-26(2,3)22-11-19(29)7-10-23(22)37-4/h5-11,13,36H,14-16H2,1-4H3,(H,31,33,34). The average molecular weight is 507 g/mol. The number of ether oxygens (including phenoxy) is 1. The Hall–Kier alpha value is -4.10. The van der Waals surface area contributed by atoms with Crippen molar-refractivity contribution >= 4 is 16.9 Å². The van der Waals surface area contributed by atoms with Crippen LogP contribution in [0.4, 0.5) is 14.6 Å². The Bertz CT molecular complexity index is 1460. The van der Waals surface area contributed by atoms with Crippen LogP contribution in [0, 0.1) is 24.1 Å². The van der Waals surface area contributed by atoms with Gasteiger partial charge >= 0.3 is 0 Å². The van der Waals surface area contributed by atoms with Crippen LogP contribution in [0.5, 0.6) is 5.75 Å². The lowest BCUT2D eigenvalue weighted by Gasteiger charge is -2.36. The Morgan fingerprint density at radius 2 is 1.89 bits per heavy atom. The van der Waals surface area contributed by atoms with E-state index in [0.717, 1.165) is 0 Å². The number of benzene rings is 2. The van der Waals surface area contributed by atoms with E-state index in [-0.39, 0.29) is 13.0 Å². The SMILES string of the molecule is COc1ccc(F)cc1C(C)(C)CC(O)(CF)CNc1nc(C)nc2c1cnn2-c1ccc(C#N)cc1. The third-order valence-electron chi connectivity index (χ3n) is 6.28. The number of halogens is 2. The normalized spacial score (nSPS) is 13.2. The Kier molecular flexibility index (Phi) is 7.09. The number of alkyl halides is 1. The van der Waals surface area contributed by atoms with Gasteiger partial charge in [0.25, 0.3) is 0 Å². The Balaban J connectivity index is 1.61. The van der Waals surface area contributed by atoms with Gasteiger partial charge in [0.1, 0.15) is 35.5 Å². The minimum atomic E-state index is -1.78. The molecule has 2 aromatic heterocycles. The van der Waals surface area contributed by atoms with Crippen LogP contribution in [0.3, 0.4) is 0 Å². The molecule has 0 aliphatic carbocycles. The molecule has 0 aliphatic heterocycles. The number of hydrogen-bond donors (Lipinski definition) is 2. The molecule has 0 amide bonds. The van der Waals surface area contributed by atoms with Crippen LogP contribution in [0.15, 0.2) is 48.7 Å². The number of aromatic nitrogens is 4. The molecule has 0 saturated heterocycles. The summed E-state index contributed by atoms with van der Waals surface area (Å²) in [6.45, 7) is 4.15. The van der Waals surface area contributed by atoms with Crippen molar-refractivity contribution in [3.05, 3.63) is 71.4 Å². The number of fused-ring (bicyclic) bond motifs is 1. The second-order valence-electron chi connectivity index (χ2n) is 9.69. The van der Waals surface area contributed by atoms with E-state index in [2.05, 4.69) is 26.5 Å². The van der Waals surface area contributed by atoms with Crippen LogP contribution >= 0.6 is 0 Å². The number of rotatable bonds is 9. The maximum absolute atomic E-state index is 14.3. The number of nitrogens with one attached hydrogen (secondary N) is 1. The van der Waals surface area contributed by atoms with Crippen molar-refractivity contribution in [2.75, 3.05) is 25.6 Å². The Labute approximate surface area is 213 Å².